The Kier molecular flexibility index (Phi) is 11.4. The molecule has 256 valence electrons. The number of halogens is 3. The van der Waals surface area contributed by atoms with E-state index in [0.717, 1.165) is 28.2 Å². The third kappa shape index (κ3) is 9.91. The number of thiazole rings is 1. The average molecular weight is 724 g/mol. The first kappa shape index (κ1) is 36.1. The Morgan fingerprint density at radius 2 is 1.51 bits per heavy atom. The van der Waals surface area contributed by atoms with E-state index < -0.39 is 21.6 Å². The van der Waals surface area contributed by atoms with E-state index in [9.17, 15) is 22.0 Å². The Labute approximate surface area is 294 Å². The minimum Gasteiger partial charge on any atom is -0.324 e. The summed E-state index contributed by atoms with van der Waals surface area (Å²) in [7, 11) is -3.73. The van der Waals surface area contributed by atoms with Crippen LogP contribution in [0.4, 0.5) is 18.7 Å². The van der Waals surface area contributed by atoms with Crippen LogP contribution in [0.3, 0.4) is 0 Å². The summed E-state index contributed by atoms with van der Waals surface area (Å²) in [5, 5.41) is 3.14. The zero-order valence-electron chi connectivity index (χ0n) is 27.2. The van der Waals surface area contributed by atoms with Gasteiger partial charge >= 0.3 is 6.03 Å². The van der Waals surface area contributed by atoms with E-state index >= 15 is 0 Å². The van der Waals surface area contributed by atoms with Gasteiger partial charge in [0, 0.05) is 48.4 Å². The molecule has 8 nitrogen and oxygen atoms in total. The first-order chi connectivity index (χ1) is 23.3. The van der Waals surface area contributed by atoms with Gasteiger partial charge in [0.05, 0.1) is 4.90 Å². The maximum Gasteiger partial charge on any atom is 0.323 e. The van der Waals surface area contributed by atoms with Crippen LogP contribution in [0.1, 0.15) is 49.9 Å². The molecule has 2 N–H and O–H groups in total. The number of carbonyl (C=O) groups excluding carboxylic acids is 1. The maximum atomic E-state index is 13.8. The number of hydrogen-bond donors (Lipinski definition) is 2. The van der Waals surface area contributed by atoms with Crippen molar-refractivity contribution >= 4 is 44.1 Å². The van der Waals surface area contributed by atoms with E-state index in [0.29, 0.717) is 41.5 Å². The molecule has 0 aliphatic rings. The van der Waals surface area contributed by atoms with Crippen LogP contribution >= 0.6 is 22.9 Å². The number of urea groups is 1. The molecule has 13 heteroatoms. The molecule has 0 aliphatic carbocycles. The second kappa shape index (κ2) is 15.5. The Morgan fingerprint density at radius 3 is 2.06 bits per heavy atom. The molecule has 5 aromatic rings. The minimum absolute atomic E-state index is 0.106. The molecule has 49 heavy (non-hydrogen) atoms. The number of benzene rings is 3. The van der Waals surface area contributed by atoms with Gasteiger partial charge in [0.2, 0.25) is 10.0 Å². The molecular formula is C36H36ClF2N5O3S2. The fourth-order valence-corrected chi connectivity index (χ4v) is 7.76. The zero-order valence-corrected chi connectivity index (χ0v) is 29.5. The van der Waals surface area contributed by atoms with E-state index in [-0.39, 0.29) is 27.6 Å². The number of aromatic nitrogens is 2. The lowest BCUT2D eigenvalue weighted by molar-refractivity contribution is 0.210. The van der Waals surface area contributed by atoms with Gasteiger partial charge in [-0.25, -0.2) is 31.7 Å². The highest BCUT2D eigenvalue weighted by atomic mass is 35.5. The van der Waals surface area contributed by atoms with Crippen LogP contribution in [-0.4, -0.2) is 47.9 Å². The first-order valence-electron chi connectivity index (χ1n) is 15.5. The predicted octanol–water partition coefficient (Wildman–Crippen LogP) is 8.51. The van der Waals surface area contributed by atoms with Crippen molar-refractivity contribution in [3.05, 3.63) is 130 Å². The third-order valence-electron chi connectivity index (χ3n) is 7.56. The topological polar surface area (TPSA) is 104 Å². The van der Waals surface area contributed by atoms with Crippen LogP contribution in [0.2, 0.25) is 4.34 Å². The summed E-state index contributed by atoms with van der Waals surface area (Å²) in [5.74, 6) is -0.964. The van der Waals surface area contributed by atoms with Gasteiger partial charge < -0.3 is 4.90 Å². The van der Waals surface area contributed by atoms with E-state index in [2.05, 4.69) is 20.0 Å². The molecule has 5 rings (SSSR count). The van der Waals surface area contributed by atoms with Crippen LogP contribution in [0, 0.1) is 11.6 Å². The average Bonchev–Trinajstić information content (AvgIpc) is 3.42. The van der Waals surface area contributed by atoms with E-state index in [4.69, 9.17) is 11.6 Å². The Bertz CT molecular complexity index is 1920. The lowest BCUT2D eigenvalue weighted by Gasteiger charge is -2.26. The van der Waals surface area contributed by atoms with Crippen molar-refractivity contribution in [3.63, 3.8) is 0 Å². The van der Waals surface area contributed by atoms with Gasteiger partial charge in [-0.1, -0.05) is 65.4 Å². The summed E-state index contributed by atoms with van der Waals surface area (Å²) in [6, 6.07) is 23.7. The van der Waals surface area contributed by atoms with Crippen molar-refractivity contribution < 1.29 is 22.0 Å². The van der Waals surface area contributed by atoms with Gasteiger partial charge in [0.1, 0.15) is 21.7 Å². The van der Waals surface area contributed by atoms with Crippen molar-refractivity contribution in [2.45, 2.75) is 50.0 Å². The molecule has 0 bridgehead atoms. The number of hydrogen-bond acceptors (Lipinski definition) is 6. The minimum atomic E-state index is -3.73. The summed E-state index contributed by atoms with van der Waals surface area (Å²) in [6.45, 7) is 5.94. The van der Waals surface area contributed by atoms with Crippen molar-refractivity contribution in [2.75, 3.05) is 18.4 Å². The second-order valence-electron chi connectivity index (χ2n) is 12.5. The molecule has 0 saturated heterocycles. The molecule has 2 aromatic heterocycles. The number of carbonyl (C=O) groups is 1. The summed E-state index contributed by atoms with van der Waals surface area (Å²) >= 11 is 7.65. The number of nitrogens with one attached hydrogen (secondary N) is 2. The van der Waals surface area contributed by atoms with Crippen LogP contribution in [0.5, 0.6) is 0 Å². The highest BCUT2D eigenvalue weighted by Crippen LogP contribution is 2.36. The van der Waals surface area contributed by atoms with E-state index in [1.807, 2.05) is 18.2 Å². The fourth-order valence-electron chi connectivity index (χ4n) is 5.27. The van der Waals surface area contributed by atoms with Crippen LogP contribution in [-0.2, 0) is 16.4 Å². The second-order valence-corrected chi connectivity index (χ2v) is 15.7. The monoisotopic (exact) mass is 723 g/mol. The molecule has 0 atom stereocenters. The number of nitrogens with zero attached hydrogens (tertiary/aromatic N) is 3. The summed E-state index contributed by atoms with van der Waals surface area (Å²) in [4.78, 5) is 24.5. The summed E-state index contributed by atoms with van der Waals surface area (Å²) in [6.07, 6.45) is 2.66. The Morgan fingerprint density at radius 1 is 0.898 bits per heavy atom. The van der Waals surface area contributed by atoms with Gasteiger partial charge in [-0.05, 0) is 86.8 Å². The van der Waals surface area contributed by atoms with E-state index in [1.54, 1.807) is 68.3 Å². The first-order valence-corrected chi connectivity index (χ1v) is 18.2. The number of anilines is 1. The van der Waals surface area contributed by atoms with Gasteiger partial charge in [-0.3, -0.25) is 10.3 Å². The Balaban J connectivity index is 1.35. The predicted molar refractivity (Wildman–Crippen MR) is 190 cm³/mol. The largest absolute Gasteiger partial charge is 0.324 e. The molecule has 3 aromatic carbocycles. The molecule has 0 fully saturated rings. The van der Waals surface area contributed by atoms with Crippen LogP contribution in [0.25, 0.3) is 11.3 Å². The van der Waals surface area contributed by atoms with Gasteiger partial charge in [-0.15, -0.1) is 0 Å². The lowest BCUT2D eigenvalue weighted by atomic mass is 9.88. The van der Waals surface area contributed by atoms with Crippen LogP contribution < -0.4 is 10.0 Å². The van der Waals surface area contributed by atoms with Crippen molar-refractivity contribution in [1.82, 2.24) is 19.6 Å². The number of rotatable bonds is 12. The fraction of sp³-hybridized carbons (Fsp3) is 0.250. The summed E-state index contributed by atoms with van der Waals surface area (Å²) in [5.41, 5.74) is 2.84. The van der Waals surface area contributed by atoms with Gasteiger partial charge in [-0.2, -0.15) is 0 Å². The molecular weight excluding hydrogens is 688 g/mol. The number of sulfonamides is 1. The highest BCUT2D eigenvalue weighted by molar-refractivity contribution is 7.89. The number of pyridine rings is 1. The van der Waals surface area contributed by atoms with Crippen molar-refractivity contribution in [2.24, 2.45) is 0 Å². The van der Waals surface area contributed by atoms with Crippen LogP contribution in [0.15, 0.2) is 102 Å². The molecule has 0 unspecified atom stereocenters. The normalized spacial score (nSPS) is 11.9. The SMILES string of the molecule is CC(C)(C)NS(=O)(=O)c1ccc(-c2nc(NC(=O)N(CCc3ccccn3)CCC(c3ccc(F)cc3)c3ccc(F)cc3)sc2Cl)cc1. The summed E-state index contributed by atoms with van der Waals surface area (Å²) < 4.78 is 56.0. The lowest BCUT2D eigenvalue weighted by Crippen LogP contribution is -2.40. The molecule has 2 heterocycles. The van der Waals surface area contributed by atoms with Crippen molar-refractivity contribution in [3.8, 4) is 11.3 Å². The molecule has 0 spiro atoms. The highest BCUT2D eigenvalue weighted by Gasteiger charge is 2.24. The Hall–Kier alpha value is -4.23. The van der Waals surface area contributed by atoms with Crippen molar-refractivity contribution in [1.29, 1.82) is 0 Å². The van der Waals surface area contributed by atoms with Gasteiger partial charge in [0.15, 0.2) is 5.13 Å². The zero-order chi connectivity index (χ0) is 35.2. The smallest absolute Gasteiger partial charge is 0.323 e. The van der Waals surface area contributed by atoms with Gasteiger partial charge in [0.25, 0.3) is 0 Å². The molecule has 2 amide bonds. The quantitative estimate of drug-likeness (QED) is 0.134. The standard InChI is InChI=1S/C36H36ClF2N5O3S2/c1-36(2,3)43-49(46,47)30-17-11-26(12-18-30)32-33(37)48-34(41-32)42-35(45)44(22-19-29-6-4-5-21-40-29)23-20-31(24-7-13-27(38)14-8-24)25-9-15-28(39)16-10-25/h4-18,21,31,43H,19-20,22-23H2,1-3H3,(H,41,42,45). The molecule has 0 aliphatic heterocycles. The number of amides is 2. The molecule has 0 saturated carbocycles. The molecule has 0 radical (unpaired) electrons. The third-order valence-corrected chi connectivity index (χ3v) is 10.5. The maximum absolute atomic E-state index is 13.8. The van der Waals surface area contributed by atoms with E-state index in [1.165, 1.54) is 36.4 Å².